The fraction of sp³-hybridized carbons (Fsp3) is 0.984. The van der Waals surface area contributed by atoms with Crippen molar-refractivity contribution >= 4 is 5.78 Å². The summed E-state index contributed by atoms with van der Waals surface area (Å²) in [5.74, 6) is 0.982. The molecule has 4 saturated carbocycles. The van der Waals surface area contributed by atoms with Crippen molar-refractivity contribution in [2.75, 3.05) is 46.2 Å². The van der Waals surface area contributed by atoms with Gasteiger partial charge < -0.3 is 158 Å². The van der Waals surface area contributed by atoms with Crippen molar-refractivity contribution in [3.05, 3.63) is 0 Å². The van der Waals surface area contributed by atoms with Gasteiger partial charge in [0, 0.05) is 30.1 Å². The lowest BCUT2D eigenvalue weighted by atomic mass is 9.44. The van der Waals surface area contributed by atoms with Gasteiger partial charge in [-0.3, -0.25) is 4.79 Å². The van der Waals surface area contributed by atoms with Crippen LogP contribution in [0.15, 0.2) is 0 Å². The average Bonchev–Trinajstić information content (AvgIpc) is 1.54. The second-order valence-electron chi connectivity index (χ2n) is 29.4. The number of hydrogen-bond donors (Lipinski definition) is 18. The SMILES string of the molecule is C[C@@H]1CC[C@]2(OC1)O[C@H]1C[C@@H]3[C@H]4CC[C@@H]5C[C@H](O[C@H]6O[C@@H](CO)[C@H](O[C@H]7O[C@@H](CO)[C@H](O)[C@@H](O[C@H]8OC[C@H](O)[C@@H](O[C@H]9O[C@@H](CO)[C@H](O)[C@@H](O[C@H]%10O[C@@H](CO)[C@H](O)[C@@H](O)[C@@H]%10O)[C@@H]9O)[C@@H]8O)[C@@H]7O[C@H]7O[C@@H](CO)[C@H](O)[C@@H](O)[C@@H]7O)[C@@H](O)[C@@H]6O)CC[C@]5(C)[C@H]4CC(=O)[C@]3(C)[C@H]1[C@@H]2C. The first-order chi connectivity index (χ1) is 45.2. The highest BCUT2D eigenvalue weighted by Crippen LogP contribution is 2.70. The topological polar surface area (TPSA) is 510 Å². The third-order valence-electron chi connectivity index (χ3n) is 24.1. The van der Waals surface area contributed by atoms with Crippen molar-refractivity contribution in [1.29, 1.82) is 0 Å². The zero-order valence-electron chi connectivity index (χ0n) is 53.4. The van der Waals surface area contributed by atoms with E-state index in [2.05, 4.69) is 27.7 Å². The zero-order chi connectivity index (χ0) is 68.2. The summed E-state index contributed by atoms with van der Waals surface area (Å²) in [5.41, 5.74) is -0.742. The van der Waals surface area contributed by atoms with E-state index in [0.29, 0.717) is 49.9 Å². The molecular weight excluding hydrogens is 1270 g/mol. The quantitative estimate of drug-likeness (QED) is 0.0602. The van der Waals surface area contributed by atoms with Crippen molar-refractivity contribution in [2.24, 2.45) is 52.3 Å². The highest BCUT2D eigenvalue weighted by Gasteiger charge is 2.72. The van der Waals surface area contributed by atoms with E-state index in [1.165, 1.54) is 0 Å². The molecule has 8 heterocycles. The summed E-state index contributed by atoms with van der Waals surface area (Å²) in [7, 11) is 0. The van der Waals surface area contributed by atoms with Crippen LogP contribution in [0.1, 0.15) is 85.5 Å². The Morgan fingerprint density at radius 2 is 0.958 bits per heavy atom. The fourth-order valence-corrected chi connectivity index (χ4v) is 18.5. The highest BCUT2D eigenvalue weighted by atomic mass is 16.8. The summed E-state index contributed by atoms with van der Waals surface area (Å²) in [4.78, 5) is 14.8. The molecule has 546 valence electrons. The molecule has 0 aromatic heterocycles. The Morgan fingerprint density at radius 1 is 0.453 bits per heavy atom. The van der Waals surface area contributed by atoms with Crippen LogP contribution in [0.2, 0.25) is 0 Å². The van der Waals surface area contributed by atoms with Gasteiger partial charge in [-0.05, 0) is 80.0 Å². The predicted molar refractivity (Wildman–Crippen MR) is 308 cm³/mol. The minimum absolute atomic E-state index is 0.0544. The molecule has 12 rings (SSSR count). The molecule has 12 fully saturated rings. The Labute approximate surface area is 547 Å². The van der Waals surface area contributed by atoms with Crippen LogP contribution in [0.25, 0.3) is 0 Å². The van der Waals surface area contributed by atoms with Gasteiger partial charge in [0.25, 0.3) is 0 Å². The Hall–Kier alpha value is -1.61. The number of carbonyl (C=O) groups is 1. The van der Waals surface area contributed by atoms with Gasteiger partial charge in [0.15, 0.2) is 43.5 Å². The molecule has 4 aliphatic carbocycles. The average molecular weight is 1370 g/mol. The predicted octanol–water partition coefficient (Wildman–Crippen LogP) is -7.44. The second-order valence-corrected chi connectivity index (χ2v) is 29.4. The summed E-state index contributed by atoms with van der Waals surface area (Å²) in [5, 5.41) is 198. The maximum Gasteiger partial charge on any atom is 0.187 e. The zero-order valence-corrected chi connectivity index (χ0v) is 53.4. The van der Waals surface area contributed by atoms with Crippen LogP contribution >= 0.6 is 0 Å². The van der Waals surface area contributed by atoms with Gasteiger partial charge in [-0.1, -0.05) is 27.7 Å². The van der Waals surface area contributed by atoms with Crippen molar-refractivity contribution in [3.8, 4) is 0 Å². The lowest BCUT2D eigenvalue weighted by molar-refractivity contribution is -0.407. The van der Waals surface area contributed by atoms with Crippen LogP contribution in [0.3, 0.4) is 0 Å². The maximum atomic E-state index is 14.8. The van der Waals surface area contributed by atoms with Gasteiger partial charge in [-0.25, -0.2) is 0 Å². The number of rotatable bonds is 17. The molecule has 0 bridgehead atoms. The highest BCUT2D eigenvalue weighted by molar-refractivity contribution is 5.87. The molecule has 95 heavy (non-hydrogen) atoms. The molecule has 0 unspecified atom stereocenters. The molecule has 8 aliphatic heterocycles. The van der Waals surface area contributed by atoms with E-state index in [0.717, 1.165) is 32.1 Å². The number of ether oxygens (including phenoxy) is 14. The molecule has 12 aliphatic rings. The van der Waals surface area contributed by atoms with Gasteiger partial charge in [0.1, 0.15) is 146 Å². The van der Waals surface area contributed by atoms with E-state index in [1.54, 1.807) is 0 Å². The van der Waals surface area contributed by atoms with E-state index in [4.69, 9.17) is 66.3 Å². The van der Waals surface area contributed by atoms with Crippen LogP contribution in [0.4, 0.5) is 0 Å². The Morgan fingerprint density at radius 3 is 1.56 bits per heavy atom. The summed E-state index contributed by atoms with van der Waals surface area (Å²) >= 11 is 0. The van der Waals surface area contributed by atoms with Gasteiger partial charge in [-0.2, -0.15) is 0 Å². The van der Waals surface area contributed by atoms with E-state index >= 15 is 0 Å². The molecule has 8 saturated heterocycles. The molecule has 41 atom stereocenters. The first kappa shape index (κ1) is 73.2. The van der Waals surface area contributed by atoms with Gasteiger partial charge in [-0.15, -0.1) is 0 Å². The number of Topliss-reactive ketones (excluding diaryl/α,β-unsaturated/α-hetero) is 1. The monoisotopic (exact) mass is 1370 g/mol. The van der Waals surface area contributed by atoms with Crippen molar-refractivity contribution in [2.45, 2.75) is 282 Å². The first-order valence-corrected chi connectivity index (χ1v) is 33.7. The largest absolute Gasteiger partial charge is 0.394 e. The van der Waals surface area contributed by atoms with Crippen LogP contribution < -0.4 is 0 Å². The molecule has 18 N–H and O–H groups in total. The normalized spacial score (nSPS) is 56.5. The standard InChI is InChI=1S/C62H100O33/c1-21-7-10-62(83-19-21)22(2)36-29(95-62)12-27-25-6-5-23-11-24(8-9-60(23,3)26(25)13-35(69)61(27,36)4)84-55-46(79)43(76)50(34(18-67)89-55)91-59-53(94-57-45(78)42(75)38(71)31(15-64)86-57)52(40(73)33(17-66)88-59)93-54-47(80)49(28(68)20-82-54)90-58-48(81)51(39(72)32(16-65)87-58)92-56-44(77)41(74)37(70)30(14-63)85-56/h21-34,36-59,63-68,70-81H,5-20H2,1-4H3/t21-,22+,23-,24-,25+,26+,27-,28+,29+,30+,31+,32+,33+,34+,36+,37+,38+,39+,40+,41-,42-,43+,44+,45+,46+,47+,48+,49-,50+,51-,52-,53+,54-,55+,56-,57-,58-,59-,60+,61-,62+/m1/s1. The number of aliphatic hydroxyl groups excluding tert-OH is 18. The Kier molecular flexibility index (Phi) is 22.3. The van der Waals surface area contributed by atoms with Crippen LogP contribution in [-0.4, -0.2) is 340 Å². The Balaban J connectivity index is 0.733. The summed E-state index contributed by atoms with van der Waals surface area (Å²) in [6.45, 7) is 4.04. The van der Waals surface area contributed by atoms with Crippen molar-refractivity contribution in [3.63, 3.8) is 0 Å². The smallest absolute Gasteiger partial charge is 0.187 e. The molecule has 0 radical (unpaired) electrons. The first-order valence-electron chi connectivity index (χ1n) is 33.7. The van der Waals surface area contributed by atoms with Gasteiger partial charge in [0.2, 0.25) is 0 Å². The van der Waals surface area contributed by atoms with Crippen molar-refractivity contribution < 1.29 is 163 Å². The van der Waals surface area contributed by atoms with Crippen LogP contribution in [0.5, 0.6) is 0 Å². The number of hydrogen-bond acceptors (Lipinski definition) is 33. The summed E-state index contributed by atoms with van der Waals surface area (Å²) in [6, 6.07) is 0. The molecule has 1 spiro atoms. The van der Waals surface area contributed by atoms with Gasteiger partial charge in [0.05, 0.1) is 58.5 Å². The molecule has 0 aromatic carbocycles. The third-order valence-corrected chi connectivity index (χ3v) is 24.1. The van der Waals surface area contributed by atoms with E-state index in [1.807, 2.05) is 0 Å². The Bertz CT molecular complexity index is 2550. The number of aliphatic hydroxyl groups is 18. The molecule has 33 heteroatoms. The van der Waals surface area contributed by atoms with E-state index < -0.39 is 235 Å². The number of fused-ring (bicyclic) bond motifs is 7. The molecule has 33 nitrogen and oxygen atoms in total. The fourth-order valence-electron chi connectivity index (χ4n) is 18.5. The van der Waals surface area contributed by atoms with Gasteiger partial charge >= 0.3 is 0 Å². The number of ketones is 1. The van der Waals surface area contributed by atoms with Crippen LogP contribution in [0, 0.1) is 52.3 Å². The maximum absolute atomic E-state index is 14.8. The molecule has 0 aromatic rings. The second kappa shape index (κ2) is 28.9. The third kappa shape index (κ3) is 13.0. The lowest BCUT2D eigenvalue weighted by Crippen LogP contribution is -2.69. The van der Waals surface area contributed by atoms with E-state index in [-0.39, 0.29) is 41.1 Å². The molecule has 0 amide bonds. The molecular formula is C62H100O33. The number of carbonyl (C=O) groups excluding carboxylic acids is 1. The van der Waals surface area contributed by atoms with E-state index in [9.17, 15) is 96.7 Å². The minimum atomic E-state index is -2.21. The summed E-state index contributed by atoms with van der Waals surface area (Å²) < 4.78 is 84.7. The van der Waals surface area contributed by atoms with Crippen LogP contribution in [-0.2, 0) is 71.1 Å². The summed E-state index contributed by atoms with van der Waals surface area (Å²) in [6.07, 6.45) is -49.4. The lowest BCUT2D eigenvalue weighted by Gasteiger charge is -2.60. The van der Waals surface area contributed by atoms with Crippen molar-refractivity contribution in [1.82, 2.24) is 0 Å². The minimum Gasteiger partial charge on any atom is -0.394 e.